The van der Waals surface area contributed by atoms with Gasteiger partial charge in [-0.2, -0.15) is 8.75 Å². The van der Waals surface area contributed by atoms with E-state index in [0.29, 0.717) is 10.0 Å². The van der Waals surface area contributed by atoms with Gasteiger partial charge in [-0.25, -0.2) is 0 Å². The third-order valence-electron chi connectivity index (χ3n) is 10.2. The maximum atomic E-state index is 9.66. The van der Waals surface area contributed by atoms with E-state index in [-0.39, 0.29) is 12.2 Å². The number of hydrogen-bond donors (Lipinski definition) is 2. The van der Waals surface area contributed by atoms with Crippen molar-refractivity contribution in [3.63, 3.8) is 0 Å². The summed E-state index contributed by atoms with van der Waals surface area (Å²) in [6.07, 6.45) is 3.30. The number of aliphatic imine (C=N–C) groups is 2. The summed E-state index contributed by atoms with van der Waals surface area (Å²) in [5.41, 5.74) is 11.1. The van der Waals surface area contributed by atoms with Crippen LogP contribution in [0.3, 0.4) is 0 Å². The van der Waals surface area contributed by atoms with Crippen molar-refractivity contribution >= 4 is 89.0 Å². The molecule has 0 unspecified atom stereocenters. The molecule has 0 radical (unpaired) electrons. The second kappa shape index (κ2) is 12.8. The Morgan fingerprint density at radius 2 is 1.02 bits per heavy atom. The van der Waals surface area contributed by atoms with Crippen LogP contribution in [-0.2, 0) is 13.1 Å². The smallest absolute Gasteiger partial charge is 0.0956 e. The van der Waals surface area contributed by atoms with Gasteiger partial charge in [-0.05, 0) is 46.3 Å². The zero-order valence-corrected chi connectivity index (χ0v) is 30.8. The molecule has 0 spiro atoms. The predicted molar refractivity (Wildman–Crippen MR) is 213 cm³/mol. The van der Waals surface area contributed by atoms with Crippen LogP contribution in [0.5, 0.6) is 0 Å². The van der Waals surface area contributed by atoms with Crippen molar-refractivity contribution < 1.29 is 10.2 Å². The van der Waals surface area contributed by atoms with Crippen molar-refractivity contribution in [2.75, 3.05) is 26.2 Å². The second-order valence-electron chi connectivity index (χ2n) is 13.8. The molecule has 52 heavy (non-hydrogen) atoms. The van der Waals surface area contributed by atoms with Gasteiger partial charge >= 0.3 is 0 Å². The quantitative estimate of drug-likeness (QED) is 0.156. The van der Waals surface area contributed by atoms with Gasteiger partial charge in [-0.3, -0.25) is 19.8 Å². The van der Waals surface area contributed by atoms with Gasteiger partial charge in [0, 0.05) is 95.8 Å². The molecular weight excluding hydrogens is 732 g/mol. The molecule has 2 aromatic heterocycles. The molecule has 0 amide bonds. The standard InChI is InChI=1S/C40H30Cl2N6O2S2/c41-35-25(3-1-5-29(35)37-31(13-43-37)39-27-9-7-21(11-33(27)51-45-39)15-47-17-23(49)18-47)26-4-2-6-30(36(26)42)38-32(14-44-38)40-28-10-8-22(12-34(28)52-46-40)16-48-19-24(50)20-48/h1-14,23-24,49-50H,15-20H2. The van der Waals surface area contributed by atoms with E-state index in [1.165, 1.54) is 34.2 Å². The van der Waals surface area contributed by atoms with Gasteiger partial charge in [0.2, 0.25) is 0 Å². The molecule has 8 nitrogen and oxygen atoms in total. The third-order valence-corrected chi connectivity index (χ3v) is 12.7. The summed E-state index contributed by atoms with van der Waals surface area (Å²) < 4.78 is 11.9. The van der Waals surface area contributed by atoms with Gasteiger partial charge in [-0.15, -0.1) is 0 Å². The molecule has 6 aromatic rings. The largest absolute Gasteiger partial charge is 0.390 e. The molecule has 4 aromatic carbocycles. The molecule has 10 rings (SSSR count). The van der Waals surface area contributed by atoms with Crippen molar-refractivity contribution in [3.8, 4) is 11.1 Å². The van der Waals surface area contributed by atoms with Crippen LogP contribution in [0.25, 0.3) is 42.4 Å². The molecular formula is C40H30Cl2N6O2S2. The van der Waals surface area contributed by atoms with Gasteiger partial charge < -0.3 is 10.2 Å². The zero-order valence-electron chi connectivity index (χ0n) is 27.6. The normalized spacial score (nSPS) is 18.0. The number of allylic oxidation sites excluding steroid dienone is 2. The van der Waals surface area contributed by atoms with Gasteiger partial charge in [0.1, 0.15) is 0 Å². The van der Waals surface area contributed by atoms with Crippen LogP contribution >= 0.6 is 46.3 Å². The molecule has 0 atom stereocenters. The molecule has 2 fully saturated rings. The summed E-state index contributed by atoms with van der Waals surface area (Å²) in [5.74, 6) is 0. The van der Waals surface area contributed by atoms with E-state index in [1.807, 2.05) is 48.8 Å². The fourth-order valence-electron chi connectivity index (χ4n) is 7.42. The lowest BCUT2D eigenvalue weighted by atomic mass is 9.90. The van der Waals surface area contributed by atoms with Crippen LogP contribution in [0.1, 0.15) is 33.6 Å². The number of hydrogen-bond acceptors (Lipinski definition) is 10. The molecule has 6 heterocycles. The van der Waals surface area contributed by atoms with E-state index in [0.717, 1.165) is 116 Å². The highest BCUT2D eigenvalue weighted by Gasteiger charge is 2.29. The number of aromatic nitrogens is 2. The monoisotopic (exact) mass is 760 g/mol. The lowest BCUT2D eigenvalue weighted by molar-refractivity contribution is -0.00305. The number of aliphatic hydroxyl groups excluding tert-OH is 2. The van der Waals surface area contributed by atoms with E-state index in [2.05, 4.69) is 56.2 Å². The van der Waals surface area contributed by atoms with Crippen LogP contribution in [0, 0.1) is 0 Å². The Morgan fingerprint density at radius 3 is 1.40 bits per heavy atom. The summed E-state index contributed by atoms with van der Waals surface area (Å²) >= 11 is 17.4. The Labute approximate surface area is 317 Å². The Kier molecular flexibility index (Phi) is 8.00. The van der Waals surface area contributed by atoms with Crippen LogP contribution in [0.15, 0.2) is 95.2 Å². The summed E-state index contributed by atoms with van der Waals surface area (Å²) in [7, 11) is 0. The predicted octanol–water partition coefficient (Wildman–Crippen LogP) is 7.92. The number of likely N-dealkylation sites (tertiary alicyclic amines) is 2. The van der Waals surface area contributed by atoms with Crippen LogP contribution in [-0.4, -0.2) is 78.6 Å². The number of aliphatic hydroxyl groups is 2. The first-order valence-corrected chi connectivity index (χ1v) is 19.4. The number of β-amino-alcohol motifs (C(OH)–C–C–N with tert-alkyl or cyclic N) is 2. The van der Waals surface area contributed by atoms with Crippen LogP contribution in [0.4, 0.5) is 0 Å². The van der Waals surface area contributed by atoms with Crippen LogP contribution in [0.2, 0.25) is 10.0 Å². The molecule has 12 heteroatoms. The van der Waals surface area contributed by atoms with Gasteiger partial charge in [0.15, 0.2) is 0 Å². The third kappa shape index (κ3) is 5.48. The second-order valence-corrected chi connectivity index (χ2v) is 16.2. The molecule has 2 saturated heterocycles. The van der Waals surface area contributed by atoms with Gasteiger partial charge in [0.05, 0.1) is 54.5 Å². The fraction of sp³-hybridized carbons (Fsp3) is 0.200. The summed E-state index contributed by atoms with van der Waals surface area (Å²) in [4.78, 5) is 13.8. The minimum atomic E-state index is -0.211. The average molecular weight is 762 g/mol. The lowest BCUT2D eigenvalue weighted by Crippen LogP contribution is -2.49. The number of fused-ring (bicyclic) bond motifs is 2. The van der Waals surface area contributed by atoms with Gasteiger partial charge in [0.25, 0.3) is 0 Å². The summed E-state index contributed by atoms with van der Waals surface area (Å²) in [5, 5.41) is 22.6. The number of nitrogens with zero attached hydrogens (tertiary/aromatic N) is 6. The molecule has 4 aliphatic heterocycles. The topological polar surface area (TPSA) is 97.4 Å². The highest BCUT2D eigenvalue weighted by Crippen LogP contribution is 2.43. The van der Waals surface area contributed by atoms with Crippen molar-refractivity contribution in [1.82, 2.24) is 18.5 Å². The first-order chi connectivity index (χ1) is 25.4. The highest BCUT2D eigenvalue weighted by molar-refractivity contribution is 7.13. The number of halogens is 2. The minimum Gasteiger partial charge on any atom is -0.390 e. The fourth-order valence-corrected chi connectivity index (χ4v) is 9.76. The Bertz CT molecular complexity index is 2400. The maximum Gasteiger partial charge on any atom is 0.0956 e. The molecule has 2 N–H and O–H groups in total. The lowest BCUT2D eigenvalue weighted by Gasteiger charge is -2.35. The van der Waals surface area contributed by atoms with E-state index < -0.39 is 0 Å². The van der Waals surface area contributed by atoms with Crippen molar-refractivity contribution in [2.24, 2.45) is 9.98 Å². The molecule has 0 aliphatic carbocycles. The highest BCUT2D eigenvalue weighted by atomic mass is 35.5. The molecule has 258 valence electrons. The van der Waals surface area contributed by atoms with Crippen molar-refractivity contribution in [2.45, 2.75) is 25.3 Å². The van der Waals surface area contributed by atoms with Crippen molar-refractivity contribution in [1.29, 1.82) is 0 Å². The Balaban J connectivity index is 0.901. The maximum absolute atomic E-state index is 9.66. The Morgan fingerprint density at radius 1 is 0.596 bits per heavy atom. The van der Waals surface area contributed by atoms with Crippen LogP contribution < -0.4 is 0 Å². The number of benzene rings is 4. The van der Waals surface area contributed by atoms with E-state index >= 15 is 0 Å². The SMILES string of the molecule is OC1CN(Cc2ccc3c(C4=CN=C4c4cccc(-c5cccc(C6=NC=C6c6nsc7cc(CN8CC(O)C8)ccc67)c5Cl)c4Cl)nsc3c2)C1. The van der Waals surface area contributed by atoms with E-state index in [9.17, 15) is 10.2 Å². The molecule has 4 aliphatic rings. The number of rotatable bonds is 9. The van der Waals surface area contributed by atoms with E-state index in [1.54, 1.807) is 0 Å². The minimum absolute atomic E-state index is 0.211. The zero-order chi connectivity index (χ0) is 35.1. The van der Waals surface area contributed by atoms with Crippen molar-refractivity contribution in [3.05, 3.63) is 129 Å². The first kappa shape index (κ1) is 32.5. The van der Waals surface area contributed by atoms with Gasteiger partial charge in [-0.1, -0.05) is 83.9 Å². The summed E-state index contributed by atoms with van der Waals surface area (Å²) in [6.45, 7) is 4.53. The summed E-state index contributed by atoms with van der Waals surface area (Å²) in [6, 6.07) is 24.9. The first-order valence-electron chi connectivity index (χ1n) is 17.1. The molecule has 0 bridgehead atoms. The Hall–Kier alpha value is -4.10. The average Bonchev–Trinajstić information content (AvgIpc) is 3.68. The van der Waals surface area contributed by atoms with E-state index in [4.69, 9.17) is 31.9 Å². The molecule has 0 saturated carbocycles.